The van der Waals surface area contributed by atoms with E-state index in [1.165, 1.54) is 0 Å². The van der Waals surface area contributed by atoms with E-state index in [0.29, 0.717) is 6.67 Å². The lowest BCUT2D eigenvalue weighted by molar-refractivity contribution is 0.306. The van der Waals surface area contributed by atoms with Crippen molar-refractivity contribution in [1.82, 2.24) is 4.90 Å². The summed E-state index contributed by atoms with van der Waals surface area (Å²) in [6.45, 7) is 11.6. The molecule has 0 aromatic rings. The Balaban J connectivity index is 3.60. The van der Waals surface area contributed by atoms with Crippen LogP contribution in [0.4, 0.5) is 0 Å². The average molecular weight is 201 g/mol. The predicted molar refractivity (Wildman–Crippen MR) is 62.8 cm³/mol. The van der Waals surface area contributed by atoms with Gasteiger partial charge >= 0.3 is 0 Å². The molecule has 0 radical (unpaired) electrons. The van der Waals surface area contributed by atoms with Gasteiger partial charge in [-0.1, -0.05) is 6.92 Å². The van der Waals surface area contributed by atoms with Gasteiger partial charge in [0.05, 0.1) is 0 Å². The highest BCUT2D eigenvalue weighted by Gasteiger charge is 2.08. The highest BCUT2D eigenvalue weighted by atomic mass is 28.3. The van der Waals surface area contributed by atoms with Crippen molar-refractivity contribution in [2.24, 2.45) is 10.4 Å². The van der Waals surface area contributed by atoms with E-state index in [-0.39, 0.29) is 0 Å². The fourth-order valence-corrected chi connectivity index (χ4v) is 1.63. The van der Waals surface area contributed by atoms with Gasteiger partial charge in [0.1, 0.15) is 0 Å². The first-order valence-electron chi connectivity index (χ1n) is 4.95. The highest BCUT2D eigenvalue weighted by Crippen LogP contribution is 2.00. The maximum atomic E-state index is 5.54. The molecule has 0 unspecified atom stereocenters. The van der Waals surface area contributed by atoms with Crippen LogP contribution in [0.3, 0.4) is 0 Å². The van der Waals surface area contributed by atoms with E-state index in [4.69, 9.17) is 5.73 Å². The first-order valence-corrected chi connectivity index (χ1v) is 8.40. The molecule has 0 aliphatic heterocycles. The monoisotopic (exact) mass is 201 g/mol. The SMILES string of the molecule is CCN(CN)CC/C=N/[Si](C)(C)C. The molecule has 0 amide bonds. The van der Waals surface area contributed by atoms with Gasteiger partial charge in [0, 0.05) is 13.2 Å². The third-order valence-corrected chi connectivity index (χ3v) is 2.72. The molecular weight excluding hydrogens is 178 g/mol. The van der Waals surface area contributed by atoms with Crippen molar-refractivity contribution in [3.05, 3.63) is 0 Å². The minimum absolute atomic E-state index is 0.650. The van der Waals surface area contributed by atoms with Crippen molar-refractivity contribution in [2.75, 3.05) is 19.8 Å². The topological polar surface area (TPSA) is 41.6 Å². The molecule has 0 aromatic carbocycles. The van der Waals surface area contributed by atoms with Gasteiger partial charge < -0.3 is 10.4 Å². The molecule has 0 bridgehead atoms. The quantitative estimate of drug-likeness (QED) is 0.402. The summed E-state index contributed by atoms with van der Waals surface area (Å²) in [6, 6.07) is 0. The minimum atomic E-state index is -1.23. The standard InChI is InChI=1S/C9H23N3Si/c1-5-12(9-10)8-6-7-11-13(2,3)4/h7H,5-6,8-10H2,1-4H3/b11-7+. The van der Waals surface area contributed by atoms with Gasteiger partial charge in [-0.25, -0.2) is 0 Å². The molecule has 4 heteroatoms. The van der Waals surface area contributed by atoms with Crippen LogP contribution in [0.25, 0.3) is 0 Å². The summed E-state index contributed by atoms with van der Waals surface area (Å²) in [5.74, 6) is 0. The maximum absolute atomic E-state index is 5.54. The molecule has 0 heterocycles. The molecular formula is C9H23N3Si. The molecule has 2 N–H and O–H groups in total. The van der Waals surface area contributed by atoms with Crippen LogP contribution in [-0.4, -0.2) is 39.1 Å². The van der Waals surface area contributed by atoms with Gasteiger partial charge in [0.2, 0.25) is 0 Å². The van der Waals surface area contributed by atoms with Crippen LogP contribution < -0.4 is 5.73 Å². The molecule has 0 rings (SSSR count). The van der Waals surface area contributed by atoms with Gasteiger partial charge in [-0.2, -0.15) is 0 Å². The van der Waals surface area contributed by atoms with Crippen LogP contribution in [0.15, 0.2) is 4.66 Å². The van der Waals surface area contributed by atoms with Crippen molar-refractivity contribution < 1.29 is 0 Å². The third-order valence-electron chi connectivity index (χ3n) is 1.76. The van der Waals surface area contributed by atoms with Crippen molar-refractivity contribution in [3.8, 4) is 0 Å². The molecule has 13 heavy (non-hydrogen) atoms. The van der Waals surface area contributed by atoms with Gasteiger partial charge in [0.15, 0.2) is 8.24 Å². The van der Waals surface area contributed by atoms with Crippen molar-refractivity contribution in [2.45, 2.75) is 33.0 Å². The number of rotatable bonds is 6. The Morgan fingerprint density at radius 2 is 2.00 bits per heavy atom. The van der Waals surface area contributed by atoms with E-state index in [1.54, 1.807) is 0 Å². The normalized spacial score (nSPS) is 13.1. The second kappa shape index (κ2) is 6.29. The molecule has 0 saturated heterocycles. The van der Waals surface area contributed by atoms with E-state index < -0.39 is 8.24 Å². The van der Waals surface area contributed by atoms with Crippen LogP contribution in [0.1, 0.15) is 13.3 Å². The van der Waals surface area contributed by atoms with Gasteiger partial charge in [-0.3, -0.25) is 4.90 Å². The summed E-state index contributed by atoms with van der Waals surface area (Å²) < 4.78 is 4.54. The Hall–Kier alpha value is -0.193. The van der Waals surface area contributed by atoms with Crippen molar-refractivity contribution >= 4 is 14.5 Å². The summed E-state index contributed by atoms with van der Waals surface area (Å²) in [5.41, 5.74) is 5.54. The number of hydrogen-bond acceptors (Lipinski definition) is 3. The van der Waals surface area contributed by atoms with Crippen molar-refractivity contribution in [1.29, 1.82) is 0 Å². The van der Waals surface area contributed by atoms with Crippen molar-refractivity contribution in [3.63, 3.8) is 0 Å². The van der Waals surface area contributed by atoms with Crippen LogP contribution in [0, 0.1) is 0 Å². The van der Waals surface area contributed by atoms with Crippen LogP contribution in [0.5, 0.6) is 0 Å². The predicted octanol–water partition coefficient (Wildman–Crippen LogP) is 1.52. The zero-order chi connectivity index (χ0) is 10.3. The Morgan fingerprint density at radius 3 is 2.38 bits per heavy atom. The summed E-state index contributed by atoms with van der Waals surface area (Å²) in [4.78, 5) is 2.20. The third kappa shape index (κ3) is 8.15. The molecule has 0 saturated carbocycles. The number of hydrogen-bond donors (Lipinski definition) is 1. The summed E-state index contributed by atoms with van der Waals surface area (Å²) in [5, 5.41) is 0. The van der Waals surface area contributed by atoms with Crippen LogP contribution in [-0.2, 0) is 0 Å². The summed E-state index contributed by atoms with van der Waals surface area (Å²) in [6.07, 6.45) is 3.08. The van der Waals surface area contributed by atoms with Gasteiger partial charge in [-0.05, 0) is 38.8 Å². The molecule has 78 valence electrons. The largest absolute Gasteiger partial charge is 0.334 e. The van der Waals surface area contributed by atoms with Gasteiger partial charge in [0.25, 0.3) is 0 Å². The van der Waals surface area contributed by atoms with E-state index in [1.807, 2.05) is 0 Å². The smallest absolute Gasteiger partial charge is 0.171 e. The average Bonchev–Trinajstić information content (AvgIpc) is 2.03. The molecule has 0 spiro atoms. The Morgan fingerprint density at radius 1 is 1.38 bits per heavy atom. The van der Waals surface area contributed by atoms with E-state index in [0.717, 1.165) is 19.5 Å². The maximum Gasteiger partial charge on any atom is 0.171 e. The molecule has 0 aromatic heterocycles. The first-order chi connectivity index (χ1) is 5.99. The molecule has 3 nitrogen and oxygen atoms in total. The summed E-state index contributed by atoms with van der Waals surface area (Å²) >= 11 is 0. The van der Waals surface area contributed by atoms with Crippen LogP contribution >= 0.6 is 0 Å². The molecule has 0 aliphatic carbocycles. The molecule has 0 fully saturated rings. The second-order valence-electron chi connectivity index (χ2n) is 4.16. The lowest BCUT2D eigenvalue weighted by Crippen LogP contribution is -2.31. The Kier molecular flexibility index (Phi) is 6.20. The number of nitrogens with two attached hydrogens (primary N) is 1. The first kappa shape index (κ1) is 12.8. The zero-order valence-corrected chi connectivity index (χ0v) is 10.4. The zero-order valence-electron chi connectivity index (χ0n) is 9.38. The minimum Gasteiger partial charge on any atom is -0.334 e. The highest BCUT2D eigenvalue weighted by molar-refractivity contribution is 6.75. The lowest BCUT2D eigenvalue weighted by Gasteiger charge is -2.16. The Labute approximate surface area is 83.1 Å². The summed E-state index contributed by atoms with van der Waals surface area (Å²) in [7, 11) is -1.23. The van der Waals surface area contributed by atoms with E-state index >= 15 is 0 Å². The van der Waals surface area contributed by atoms with E-state index in [2.05, 4.69) is 42.3 Å². The lowest BCUT2D eigenvalue weighted by atomic mass is 10.4. The second-order valence-corrected chi connectivity index (χ2v) is 8.76. The van der Waals surface area contributed by atoms with Crippen LogP contribution in [0.2, 0.25) is 19.6 Å². The fraction of sp³-hybridized carbons (Fsp3) is 0.889. The molecule has 0 aliphatic rings. The van der Waals surface area contributed by atoms with Gasteiger partial charge in [-0.15, -0.1) is 0 Å². The Bertz CT molecular complexity index is 147. The number of nitrogens with zero attached hydrogens (tertiary/aromatic N) is 2. The molecule has 0 atom stereocenters. The van der Waals surface area contributed by atoms with E-state index in [9.17, 15) is 0 Å². The fourth-order valence-electron chi connectivity index (χ4n) is 0.957.